The van der Waals surface area contributed by atoms with Crippen LogP contribution in [0.2, 0.25) is 0 Å². The van der Waals surface area contributed by atoms with E-state index in [9.17, 15) is 14.7 Å². The zero-order valence-corrected chi connectivity index (χ0v) is 11.3. The lowest BCUT2D eigenvalue weighted by molar-refractivity contribution is 0.0523. The summed E-state index contributed by atoms with van der Waals surface area (Å²) >= 11 is 0. The molecule has 0 aromatic heterocycles. The van der Waals surface area contributed by atoms with Gasteiger partial charge in [0.1, 0.15) is 0 Å². The summed E-state index contributed by atoms with van der Waals surface area (Å²) in [6.07, 6.45) is -0.773. The fraction of sp³-hybridized carbons (Fsp3) is 0.250. The van der Waals surface area contributed by atoms with Gasteiger partial charge >= 0.3 is 0 Å². The monoisotopic (exact) mass is 285 g/mol. The van der Waals surface area contributed by atoms with Gasteiger partial charge in [-0.3, -0.25) is 14.5 Å². The van der Waals surface area contributed by atoms with Gasteiger partial charge in [-0.15, -0.1) is 0 Å². The lowest BCUT2D eigenvalue weighted by atomic mass is 9.94. The third-order valence-electron chi connectivity index (χ3n) is 3.75. The van der Waals surface area contributed by atoms with E-state index in [2.05, 4.69) is 0 Å². The molecule has 1 aliphatic rings. The SMILES string of the molecule is O=C1c2cccc3cccc(c23)C(=O)N1CCC(O)CO. The van der Waals surface area contributed by atoms with Crippen LogP contribution in [0.3, 0.4) is 0 Å². The highest BCUT2D eigenvalue weighted by molar-refractivity contribution is 6.25. The molecule has 0 saturated heterocycles. The van der Waals surface area contributed by atoms with Gasteiger partial charge in [0.05, 0.1) is 12.7 Å². The van der Waals surface area contributed by atoms with Crippen LogP contribution in [0.15, 0.2) is 36.4 Å². The molecule has 0 bridgehead atoms. The van der Waals surface area contributed by atoms with Crippen molar-refractivity contribution in [1.82, 2.24) is 4.90 Å². The van der Waals surface area contributed by atoms with Crippen LogP contribution in [0.25, 0.3) is 10.8 Å². The van der Waals surface area contributed by atoms with Crippen LogP contribution >= 0.6 is 0 Å². The first-order valence-electron chi connectivity index (χ1n) is 6.80. The first-order chi connectivity index (χ1) is 10.1. The average Bonchev–Trinajstić information content (AvgIpc) is 2.52. The number of aliphatic hydroxyl groups excluding tert-OH is 2. The van der Waals surface area contributed by atoms with Gasteiger partial charge in [0.15, 0.2) is 0 Å². The van der Waals surface area contributed by atoms with E-state index in [0.717, 1.165) is 10.3 Å². The van der Waals surface area contributed by atoms with Crippen molar-refractivity contribution in [3.05, 3.63) is 47.5 Å². The fourth-order valence-corrected chi connectivity index (χ4v) is 2.65. The van der Waals surface area contributed by atoms with E-state index in [1.165, 1.54) is 0 Å². The Balaban J connectivity index is 2.03. The lowest BCUT2D eigenvalue weighted by Crippen LogP contribution is -2.42. The Bertz CT molecular complexity index is 675. The zero-order chi connectivity index (χ0) is 15.0. The molecular weight excluding hydrogens is 270 g/mol. The van der Waals surface area contributed by atoms with Crippen LogP contribution in [-0.2, 0) is 0 Å². The van der Waals surface area contributed by atoms with Gasteiger partial charge in [-0.1, -0.05) is 24.3 Å². The summed E-state index contributed by atoms with van der Waals surface area (Å²) in [5.41, 5.74) is 1.00. The maximum atomic E-state index is 12.5. The Labute approximate surface area is 121 Å². The summed E-state index contributed by atoms with van der Waals surface area (Å²) in [6, 6.07) is 10.7. The number of rotatable bonds is 4. The van der Waals surface area contributed by atoms with Crippen LogP contribution in [-0.4, -0.2) is 46.2 Å². The molecule has 0 spiro atoms. The number of benzene rings is 2. The van der Waals surface area contributed by atoms with Gasteiger partial charge in [0.2, 0.25) is 0 Å². The van der Waals surface area contributed by atoms with E-state index in [4.69, 9.17) is 5.11 Å². The number of hydrogen-bond donors (Lipinski definition) is 2. The van der Waals surface area contributed by atoms with Crippen molar-refractivity contribution in [2.45, 2.75) is 12.5 Å². The molecule has 0 fully saturated rings. The normalized spacial score (nSPS) is 15.6. The summed E-state index contributed by atoms with van der Waals surface area (Å²) in [7, 11) is 0. The van der Waals surface area contributed by atoms with E-state index in [1.807, 2.05) is 12.1 Å². The van der Waals surface area contributed by atoms with Gasteiger partial charge in [-0.2, -0.15) is 0 Å². The van der Waals surface area contributed by atoms with Crippen molar-refractivity contribution >= 4 is 22.6 Å². The van der Waals surface area contributed by atoms with Crippen LogP contribution in [0.4, 0.5) is 0 Å². The van der Waals surface area contributed by atoms with Gasteiger partial charge < -0.3 is 10.2 Å². The van der Waals surface area contributed by atoms with Crippen molar-refractivity contribution in [3.63, 3.8) is 0 Å². The number of imide groups is 1. The molecule has 5 nitrogen and oxygen atoms in total. The first-order valence-corrected chi connectivity index (χ1v) is 6.80. The second-order valence-electron chi connectivity index (χ2n) is 5.10. The Morgan fingerprint density at radius 2 is 1.57 bits per heavy atom. The molecule has 0 aliphatic carbocycles. The van der Waals surface area contributed by atoms with Crippen molar-refractivity contribution in [3.8, 4) is 0 Å². The summed E-state index contributed by atoms with van der Waals surface area (Å²) in [5.74, 6) is -0.705. The highest BCUT2D eigenvalue weighted by Gasteiger charge is 2.32. The molecule has 2 N–H and O–H groups in total. The Morgan fingerprint density at radius 3 is 2.10 bits per heavy atom. The van der Waals surface area contributed by atoms with Crippen LogP contribution < -0.4 is 0 Å². The molecule has 0 saturated carbocycles. The van der Waals surface area contributed by atoms with E-state index in [1.54, 1.807) is 24.3 Å². The summed E-state index contributed by atoms with van der Waals surface area (Å²) < 4.78 is 0. The highest BCUT2D eigenvalue weighted by Crippen LogP contribution is 2.29. The van der Waals surface area contributed by atoms with Crippen molar-refractivity contribution in [1.29, 1.82) is 0 Å². The average molecular weight is 285 g/mol. The van der Waals surface area contributed by atoms with Gasteiger partial charge in [-0.25, -0.2) is 0 Å². The Morgan fingerprint density at radius 1 is 1.00 bits per heavy atom. The predicted octanol–water partition coefficient (Wildman–Crippen LogP) is 1.18. The fourth-order valence-electron chi connectivity index (χ4n) is 2.65. The van der Waals surface area contributed by atoms with Gasteiger partial charge in [-0.05, 0) is 23.9 Å². The molecule has 108 valence electrons. The van der Waals surface area contributed by atoms with E-state index in [0.29, 0.717) is 16.5 Å². The number of amides is 2. The molecule has 3 rings (SSSR count). The minimum atomic E-state index is -0.932. The largest absolute Gasteiger partial charge is 0.394 e. The molecule has 1 unspecified atom stereocenters. The molecule has 21 heavy (non-hydrogen) atoms. The molecule has 1 atom stereocenters. The number of carbonyl (C=O) groups is 2. The zero-order valence-electron chi connectivity index (χ0n) is 11.3. The maximum absolute atomic E-state index is 12.5. The Hall–Kier alpha value is -2.24. The molecule has 2 amide bonds. The Kier molecular flexibility index (Phi) is 3.45. The molecule has 5 heteroatoms. The summed E-state index contributed by atoms with van der Waals surface area (Å²) in [6.45, 7) is -0.299. The van der Waals surface area contributed by atoms with E-state index >= 15 is 0 Å². The standard InChI is InChI=1S/C16H15NO4/c18-9-11(19)7-8-17-15(20)12-5-1-3-10-4-2-6-13(14(10)12)16(17)21/h1-6,11,18-19H,7-9H2. The number of nitrogens with zero attached hydrogens (tertiary/aromatic N) is 1. The van der Waals surface area contributed by atoms with Crippen molar-refractivity contribution in [2.24, 2.45) is 0 Å². The highest BCUT2D eigenvalue weighted by atomic mass is 16.3. The summed E-state index contributed by atoms with van der Waals surface area (Å²) in [5, 5.41) is 19.8. The maximum Gasteiger partial charge on any atom is 0.261 e. The molecular formula is C16H15NO4. The van der Waals surface area contributed by atoms with E-state index < -0.39 is 6.10 Å². The van der Waals surface area contributed by atoms with Crippen LogP contribution in [0.1, 0.15) is 27.1 Å². The number of carbonyl (C=O) groups excluding carboxylic acids is 2. The van der Waals surface area contributed by atoms with Gasteiger partial charge in [0.25, 0.3) is 11.8 Å². The quantitative estimate of drug-likeness (QED) is 0.827. The topological polar surface area (TPSA) is 77.8 Å². The molecule has 2 aromatic carbocycles. The molecule has 1 heterocycles. The predicted molar refractivity (Wildman–Crippen MR) is 77.0 cm³/mol. The third kappa shape index (κ3) is 2.20. The van der Waals surface area contributed by atoms with E-state index in [-0.39, 0.29) is 31.4 Å². The van der Waals surface area contributed by atoms with Gasteiger partial charge in [0, 0.05) is 23.1 Å². The van der Waals surface area contributed by atoms with Crippen LogP contribution in [0.5, 0.6) is 0 Å². The molecule has 0 radical (unpaired) electrons. The third-order valence-corrected chi connectivity index (χ3v) is 3.75. The number of hydrogen-bond acceptors (Lipinski definition) is 4. The second kappa shape index (κ2) is 5.27. The van der Waals surface area contributed by atoms with Crippen LogP contribution in [0, 0.1) is 0 Å². The molecule has 2 aromatic rings. The smallest absolute Gasteiger partial charge is 0.261 e. The second-order valence-corrected chi connectivity index (χ2v) is 5.10. The number of aliphatic hydroxyl groups is 2. The minimum absolute atomic E-state index is 0.0874. The van der Waals surface area contributed by atoms with Crippen molar-refractivity contribution < 1.29 is 19.8 Å². The first kappa shape index (κ1) is 13.7. The molecule has 1 aliphatic heterocycles. The van der Waals surface area contributed by atoms with Crippen molar-refractivity contribution in [2.75, 3.05) is 13.2 Å². The minimum Gasteiger partial charge on any atom is -0.394 e. The lowest BCUT2D eigenvalue weighted by Gasteiger charge is -2.27. The summed E-state index contributed by atoms with van der Waals surface area (Å²) in [4.78, 5) is 26.1.